The van der Waals surface area contributed by atoms with Gasteiger partial charge in [-0.2, -0.15) is 0 Å². The number of anilines is 9. The summed E-state index contributed by atoms with van der Waals surface area (Å²) in [6, 6.07) is 78.9. The summed E-state index contributed by atoms with van der Waals surface area (Å²) in [4.78, 5) is 6.98. The van der Waals surface area contributed by atoms with E-state index in [1.165, 1.54) is 0 Å². The van der Waals surface area contributed by atoms with E-state index in [4.69, 9.17) is 4.42 Å². The molecule has 0 amide bonds. The van der Waals surface area contributed by atoms with Crippen LogP contribution in [-0.4, -0.2) is 0 Å². The summed E-state index contributed by atoms with van der Waals surface area (Å²) in [5.74, 6) is 0. The fraction of sp³-hybridized carbons (Fsp3) is 0. The zero-order valence-electron chi connectivity index (χ0n) is 30.6. The fourth-order valence-corrected chi connectivity index (χ4v) is 7.93. The van der Waals surface area contributed by atoms with Crippen molar-refractivity contribution < 1.29 is 4.42 Å². The summed E-state index contributed by atoms with van der Waals surface area (Å²) in [5, 5.41) is 4.27. The third-order valence-electron chi connectivity index (χ3n) is 10.4. The Morgan fingerprint density at radius 2 is 0.643 bits per heavy atom. The van der Waals surface area contributed by atoms with E-state index in [-0.39, 0.29) is 0 Å². The van der Waals surface area contributed by atoms with E-state index in [1.807, 2.05) is 0 Å². The maximum Gasteiger partial charge on any atom is 0.161 e. The minimum Gasteiger partial charge on any atom is -0.452 e. The van der Waals surface area contributed by atoms with Crippen LogP contribution in [-0.2, 0) is 0 Å². The highest BCUT2D eigenvalue weighted by molar-refractivity contribution is 6.24. The number of rotatable bonds is 9. The van der Waals surface area contributed by atoms with Crippen LogP contribution in [0.15, 0.2) is 229 Å². The standard InChI is InChI=1S/C52H37N3O/c1-7-22-39(23-8-1)53(40-24-9-2-10-25-40)47-35-36-48(54(41-26-11-3-12-27-41)42-28-13-4-14-29-42)52-49(47)46-37-38-21-19-20-34-45(38)50(51(46)56-52)55(43-30-15-5-16-31-43)44-32-17-6-18-33-44/h1-37H. The van der Waals surface area contributed by atoms with Gasteiger partial charge < -0.3 is 19.1 Å². The Bertz CT molecular complexity index is 2780. The molecule has 1 heterocycles. The maximum atomic E-state index is 7.52. The average Bonchev–Trinajstić information content (AvgIpc) is 3.66. The molecule has 0 atom stereocenters. The van der Waals surface area contributed by atoms with Crippen molar-refractivity contribution in [1.82, 2.24) is 0 Å². The van der Waals surface area contributed by atoms with Gasteiger partial charge in [0.15, 0.2) is 11.2 Å². The minimum absolute atomic E-state index is 0.791. The Morgan fingerprint density at radius 3 is 1.09 bits per heavy atom. The number of benzene rings is 9. The number of nitrogens with zero attached hydrogens (tertiary/aromatic N) is 3. The molecule has 10 aromatic rings. The van der Waals surface area contributed by atoms with E-state index >= 15 is 0 Å². The van der Waals surface area contributed by atoms with Crippen LogP contribution in [0.1, 0.15) is 0 Å². The van der Waals surface area contributed by atoms with E-state index in [2.05, 4.69) is 239 Å². The molecule has 0 fully saturated rings. The van der Waals surface area contributed by atoms with Crippen LogP contribution < -0.4 is 14.7 Å². The first kappa shape index (κ1) is 33.0. The van der Waals surface area contributed by atoms with Crippen LogP contribution in [0.25, 0.3) is 32.7 Å². The molecular weight excluding hydrogens is 683 g/mol. The van der Waals surface area contributed by atoms with Crippen LogP contribution in [0.5, 0.6) is 0 Å². The van der Waals surface area contributed by atoms with Gasteiger partial charge in [-0.1, -0.05) is 133 Å². The Balaban J connectivity index is 1.38. The molecule has 0 bridgehead atoms. The monoisotopic (exact) mass is 719 g/mol. The van der Waals surface area contributed by atoms with Gasteiger partial charge in [-0.3, -0.25) is 0 Å². The lowest BCUT2D eigenvalue weighted by molar-refractivity contribution is 0.670. The molecule has 10 rings (SSSR count). The van der Waals surface area contributed by atoms with Crippen molar-refractivity contribution in [3.8, 4) is 0 Å². The predicted octanol–water partition coefficient (Wildman–Crippen LogP) is 15.1. The lowest BCUT2D eigenvalue weighted by Gasteiger charge is -2.29. The van der Waals surface area contributed by atoms with Crippen molar-refractivity contribution >= 4 is 83.9 Å². The van der Waals surface area contributed by atoms with Crippen LogP contribution in [0.4, 0.5) is 51.2 Å². The van der Waals surface area contributed by atoms with Crippen molar-refractivity contribution in [2.24, 2.45) is 0 Å². The quantitative estimate of drug-likeness (QED) is 0.148. The average molecular weight is 720 g/mol. The third-order valence-corrected chi connectivity index (χ3v) is 10.4. The van der Waals surface area contributed by atoms with Crippen molar-refractivity contribution in [3.05, 3.63) is 224 Å². The molecule has 0 aliphatic rings. The SMILES string of the molecule is c1ccc(N(c2ccccc2)c2c3ccccc3cc3c2oc2c(N(c4ccccc4)c4ccccc4)ccc(N(c4ccccc4)c4ccccc4)c23)cc1. The highest BCUT2D eigenvalue weighted by atomic mass is 16.3. The normalized spacial score (nSPS) is 11.2. The highest BCUT2D eigenvalue weighted by Crippen LogP contribution is 2.52. The lowest BCUT2D eigenvalue weighted by atomic mass is 10.00. The molecule has 0 aliphatic carbocycles. The summed E-state index contributed by atoms with van der Waals surface area (Å²) in [6.07, 6.45) is 0. The number of para-hydroxylation sites is 6. The van der Waals surface area contributed by atoms with Gasteiger partial charge in [0.1, 0.15) is 0 Å². The molecule has 4 nitrogen and oxygen atoms in total. The number of hydrogen-bond acceptors (Lipinski definition) is 4. The summed E-state index contributed by atoms with van der Waals surface area (Å²) in [5.41, 5.74) is 10.8. The molecule has 0 spiro atoms. The number of hydrogen-bond donors (Lipinski definition) is 0. The molecule has 266 valence electrons. The van der Waals surface area contributed by atoms with E-state index in [1.54, 1.807) is 0 Å². The van der Waals surface area contributed by atoms with Crippen molar-refractivity contribution in [3.63, 3.8) is 0 Å². The van der Waals surface area contributed by atoms with Gasteiger partial charge in [0.2, 0.25) is 0 Å². The van der Waals surface area contributed by atoms with Crippen molar-refractivity contribution in [2.45, 2.75) is 0 Å². The van der Waals surface area contributed by atoms with Crippen molar-refractivity contribution in [1.29, 1.82) is 0 Å². The molecule has 1 aromatic heterocycles. The maximum absolute atomic E-state index is 7.52. The molecular formula is C52H37N3O. The van der Waals surface area contributed by atoms with Gasteiger partial charge in [-0.15, -0.1) is 0 Å². The number of furan rings is 1. The Labute approximate surface area is 326 Å². The first-order valence-electron chi connectivity index (χ1n) is 19.0. The van der Waals surface area contributed by atoms with Crippen molar-refractivity contribution in [2.75, 3.05) is 14.7 Å². The zero-order chi connectivity index (χ0) is 37.3. The molecule has 0 N–H and O–H groups in total. The second-order valence-electron chi connectivity index (χ2n) is 13.8. The molecule has 0 saturated carbocycles. The van der Waals surface area contributed by atoms with E-state index in [0.717, 1.165) is 83.9 Å². The highest BCUT2D eigenvalue weighted by Gasteiger charge is 2.28. The molecule has 0 saturated heterocycles. The summed E-state index contributed by atoms with van der Waals surface area (Å²) >= 11 is 0. The Hall–Kier alpha value is -7.56. The smallest absolute Gasteiger partial charge is 0.161 e. The minimum atomic E-state index is 0.791. The Kier molecular flexibility index (Phi) is 8.47. The second-order valence-corrected chi connectivity index (χ2v) is 13.8. The van der Waals surface area contributed by atoms with E-state index < -0.39 is 0 Å². The fourth-order valence-electron chi connectivity index (χ4n) is 7.93. The van der Waals surface area contributed by atoms with Gasteiger partial charge in [0, 0.05) is 44.9 Å². The third kappa shape index (κ3) is 5.81. The van der Waals surface area contributed by atoms with Crippen LogP contribution in [0, 0.1) is 0 Å². The topological polar surface area (TPSA) is 22.9 Å². The first-order valence-corrected chi connectivity index (χ1v) is 19.0. The van der Waals surface area contributed by atoms with E-state index in [9.17, 15) is 0 Å². The molecule has 0 unspecified atom stereocenters. The van der Waals surface area contributed by atoms with Gasteiger partial charge in [-0.25, -0.2) is 0 Å². The molecule has 0 radical (unpaired) electrons. The van der Waals surface area contributed by atoms with Gasteiger partial charge in [0.25, 0.3) is 0 Å². The predicted molar refractivity (Wildman–Crippen MR) is 235 cm³/mol. The second kappa shape index (κ2) is 14.3. The van der Waals surface area contributed by atoms with Gasteiger partial charge in [0.05, 0.1) is 22.4 Å². The molecule has 56 heavy (non-hydrogen) atoms. The van der Waals surface area contributed by atoms with Crippen LogP contribution in [0.2, 0.25) is 0 Å². The molecule has 4 heteroatoms. The lowest BCUT2D eigenvalue weighted by Crippen LogP contribution is -2.12. The summed E-state index contributed by atoms with van der Waals surface area (Å²) in [6.45, 7) is 0. The molecule has 9 aromatic carbocycles. The largest absolute Gasteiger partial charge is 0.452 e. The van der Waals surface area contributed by atoms with Gasteiger partial charge >= 0.3 is 0 Å². The van der Waals surface area contributed by atoms with Crippen LogP contribution >= 0.6 is 0 Å². The summed E-state index contributed by atoms with van der Waals surface area (Å²) < 4.78 is 7.52. The zero-order valence-corrected chi connectivity index (χ0v) is 30.6. The molecule has 0 aliphatic heterocycles. The van der Waals surface area contributed by atoms with Gasteiger partial charge in [-0.05, 0) is 96.4 Å². The summed E-state index contributed by atoms with van der Waals surface area (Å²) in [7, 11) is 0. The Morgan fingerprint density at radius 1 is 0.286 bits per heavy atom. The first-order chi connectivity index (χ1) is 27.8. The van der Waals surface area contributed by atoms with E-state index in [0.29, 0.717) is 0 Å². The number of fused-ring (bicyclic) bond motifs is 4. The van der Waals surface area contributed by atoms with Crippen LogP contribution in [0.3, 0.4) is 0 Å².